The fraction of sp³-hybridized carbons (Fsp3) is 0.778. The Labute approximate surface area is 71.8 Å². The van der Waals surface area contributed by atoms with Gasteiger partial charge in [-0.05, 0) is 19.8 Å². The minimum absolute atomic E-state index is 0.00644. The number of hydrogen-bond donors (Lipinski definition) is 1. The molecule has 68 valence electrons. The second-order valence-corrected chi connectivity index (χ2v) is 3.62. The summed E-state index contributed by atoms with van der Waals surface area (Å²) < 4.78 is 0. The summed E-state index contributed by atoms with van der Waals surface area (Å²) in [6.45, 7) is 1.43. The van der Waals surface area contributed by atoms with Gasteiger partial charge < -0.3 is 5.11 Å². The van der Waals surface area contributed by atoms with Gasteiger partial charge in [0.15, 0.2) is 5.78 Å². The molecular formula is C9H14O3. The van der Waals surface area contributed by atoms with E-state index in [1.807, 2.05) is 0 Å². The Morgan fingerprint density at radius 1 is 1.25 bits per heavy atom. The van der Waals surface area contributed by atoms with Crippen LogP contribution in [0.4, 0.5) is 0 Å². The highest BCUT2D eigenvalue weighted by Crippen LogP contribution is 2.20. The third-order valence-corrected chi connectivity index (χ3v) is 2.25. The summed E-state index contributed by atoms with van der Waals surface area (Å²) in [7, 11) is 0. The van der Waals surface area contributed by atoms with Crippen LogP contribution in [0.2, 0.25) is 0 Å². The molecule has 0 heterocycles. The van der Waals surface area contributed by atoms with Gasteiger partial charge in [0.25, 0.3) is 0 Å². The molecule has 0 aromatic carbocycles. The van der Waals surface area contributed by atoms with Crippen molar-refractivity contribution in [1.29, 1.82) is 0 Å². The number of ketones is 2. The molecule has 0 bridgehead atoms. The van der Waals surface area contributed by atoms with Gasteiger partial charge in [-0.15, -0.1) is 0 Å². The van der Waals surface area contributed by atoms with Crippen molar-refractivity contribution < 1.29 is 14.7 Å². The van der Waals surface area contributed by atoms with Gasteiger partial charge in [-0.3, -0.25) is 9.59 Å². The molecule has 1 saturated carbocycles. The lowest BCUT2D eigenvalue weighted by Crippen LogP contribution is -2.38. The first kappa shape index (κ1) is 9.39. The van der Waals surface area contributed by atoms with Crippen LogP contribution in [-0.2, 0) is 9.59 Å². The third kappa shape index (κ3) is 2.14. The highest BCUT2D eigenvalue weighted by molar-refractivity contribution is 5.93. The quantitative estimate of drug-likeness (QED) is 0.586. The summed E-state index contributed by atoms with van der Waals surface area (Å²) in [4.78, 5) is 22.3. The minimum atomic E-state index is -1.41. The molecule has 1 aliphatic carbocycles. The lowest BCUT2D eigenvalue weighted by molar-refractivity contribution is -0.142. The molecule has 0 saturated heterocycles. The zero-order chi connectivity index (χ0) is 9.19. The van der Waals surface area contributed by atoms with E-state index in [9.17, 15) is 14.7 Å². The molecule has 1 rings (SSSR count). The summed E-state index contributed by atoms with van der Waals surface area (Å²) in [5.74, 6) is -0.205. The topological polar surface area (TPSA) is 54.4 Å². The van der Waals surface area contributed by atoms with Gasteiger partial charge in [0.05, 0.1) is 0 Å². The van der Waals surface area contributed by atoms with E-state index in [0.29, 0.717) is 12.8 Å². The molecule has 1 atom stereocenters. The van der Waals surface area contributed by atoms with Gasteiger partial charge in [0, 0.05) is 19.3 Å². The first-order valence-corrected chi connectivity index (χ1v) is 4.30. The van der Waals surface area contributed by atoms with E-state index in [1.165, 1.54) is 6.92 Å². The van der Waals surface area contributed by atoms with Crippen LogP contribution in [0.25, 0.3) is 0 Å². The van der Waals surface area contributed by atoms with Gasteiger partial charge in [-0.1, -0.05) is 0 Å². The van der Waals surface area contributed by atoms with Crippen LogP contribution in [0.5, 0.6) is 0 Å². The standard InChI is InChI=1S/C9H14O3/c1-9(12)6-7(10)4-2-3-5-8(9)11/h12H,2-6H2,1H3. The van der Waals surface area contributed by atoms with Gasteiger partial charge in [-0.25, -0.2) is 0 Å². The van der Waals surface area contributed by atoms with Crippen molar-refractivity contribution in [2.75, 3.05) is 0 Å². The zero-order valence-corrected chi connectivity index (χ0v) is 7.30. The molecule has 0 spiro atoms. The predicted octanol–water partition coefficient (Wildman–Crippen LogP) is 0.840. The van der Waals surface area contributed by atoms with Crippen LogP contribution < -0.4 is 0 Å². The molecule has 12 heavy (non-hydrogen) atoms. The summed E-state index contributed by atoms with van der Waals surface area (Å²) in [5.41, 5.74) is -1.41. The van der Waals surface area contributed by atoms with Crippen molar-refractivity contribution in [2.24, 2.45) is 0 Å². The Morgan fingerprint density at radius 2 is 1.83 bits per heavy atom. The number of Topliss-reactive ketones (excluding diaryl/α,β-unsaturated/α-hetero) is 2. The Hall–Kier alpha value is -0.700. The molecule has 0 aliphatic heterocycles. The summed E-state index contributed by atoms with van der Waals surface area (Å²) in [6.07, 6.45) is 2.40. The zero-order valence-electron chi connectivity index (χ0n) is 7.30. The maximum absolute atomic E-state index is 11.2. The first-order chi connectivity index (χ1) is 5.52. The molecule has 0 aromatic rings. The average molecular weight is 170 g/mol. The molecule has 1 aliphatic rings. The number of carbonyl (C=O) groups excluding carboxylic acids is 2. The van der Waals surface area contributed by atoms with Crippen LogP contribution in [0.3, 0.4) is 0 Å². The largest absolute Gasteiger partial charge is 0.382 e. The number of carbonyl (C=O) groups is 2. The van der Waals surface area contributed by atoms with E-state index in [2.05, 4.69) is 0 Å². The van der Waals surface area contributed by atoms with Gasteiger partial charge in [0.2, 0.25) is 0 Å². The third-order valence-electron chi connectivity index (χ3n) is 2.25. The van der Waals surface area contributed by atoms with Crippen LogP contribution in [0.15, 0.2) is 0 Å². The van der Waals surface area contributed by atoms with E-state index in [-0.39, 0.29) is 18.0 Å². The number of hydrogen-bond acceptors (Lipinski definition) is 3. The molecule has 0 radical (unpaired) electrons. The monoisotopic (exact) mass is 170 g/mol. The number of aliphatic hydroxyl groups is 1. The highest BCUT2D eigenvalue weighted by atomic mass is 16.3. The molecule has 3 heteroatoms. The Morgan fingerprint density at radius 3 is 2.50 bits per heavy atom. The van der Waals surface area contributed by atoms with Gasteiger partial charge >= 0.3 is 0 Å². The van der Waals surface area contributed by atoms with E-state index in [0.717, 1.165) is 12.8 Å². The average Bonchev–Trinajstić information content (AvgIpc) is 1.95. The Kier molecular flexibility index (Phi) is 2.62. The lowest BCUT2D eigenvalue weighted by atomic mass is 9.87. The second-order valence-electron chi connectivity index (χ2n) is 3.62. The molecule has 1 unspecified atom stereocenters. The van der Waals surface area contributed by atoms with E-state index >= 15 is 0 Å². The van der Waals surface area contributed by atoms with Crippen LogP contribution in [0.1, 0.15) is 39.0 Å². The SMILES string of the molecule is CC1(O)CC(=O)CCCCC1=O. The van der Waals surface area contributed by atoms with Crippen molar-refractivity contribution in [3.8, 4) is 0 Å². The summed E-state index contributed by atoms with van der Waals surface area (Å²) in [6, 6.07) is 0. The molecule has 1 N–H and O–H groups in total. The van der Waals surface area contributed by atoms with Crippen molar-refractivity contribution in [2.45, 2.75) is 44.6 Å². The minimum Gasteiger partial charge on any atom is -0.382 e. The molecule has 3 nitrogen and oxygen atoms in total. The first-order valence-electron chi connectivity index (χ1n) is 4.30. The van der Waals surface area contributed by atoms with E-state index < -0.39 is 5.60 Å². The molecule has 0 aromatic heterocycles. The predicted molar refractivity (Wildman–Crippen MR) is 43.7 cm³/mol. The molecule has 1 fully saturated rings. The normalized spacial score (nSPS) is 32.8. The van der Waals surface area contributed by atoms with Crippen molar-refractivity contribution in [3.63, 3.8) is 0 Å². The maximum atomic E-state index is 11.2. The smallest absolute Gasteiger partial charge is 0.164 e. The van der Waals surface area contributed by atoms with Crippen molar-refractivity contribution in [1.82, 2.24) is 0 Å². The van der Waals surface area contributed by atoms with Crippen molar-refractivity contribution >= 4 is 11.6 Å². The fourth-order valence-electron chi connectivity index (χ4n) is 1.45. The van der Waals surface area contributed by atoms with Gasteiger partial charge in [0.1, 0.15) is 11.4 Å². The molecular weight excluding hydrogens is 156 g/mol. The molecule has 0 amide bonds. The highest BCUT2D eigenvalue weighted by Gasteiger charge is 2.33. The second kappa shape index (κ2) is 3.35. The lowest BCUT2D eigenvalue weighted by Gasteiger charge is -2.22. The van der Waals surface area contributed by atoms with Crippen LogP contribution >= 0.6 is 0 Å². The van der Waals surface area contributed by atoms with Crippen molar-refractivity contribution in [3.05, 3.63) is 0 Å². The van der Waals surface area contributed by atoms with Gasteiger partial charge in [-0.2, -0.15) is 0 Å². The Bertz CT molecular complexity index is 206. The summed E-state index contributed by atoms with van der Waals surface area (Å²) >= 11 is 0. The Balaban J connectivity index is 2.69. The number of rotatable bonds is 0. The van der Waals surface area contributed by atoms with E-state index in [4.69, 9.17) is 0 Å². The fourth-order valence-corrected chi connectivity index (χ4v) is 1.45. The van der Waals surface area contributed by atoms with Crippen LogP contribution in [-0.4, -0.2) is 22.3 Å². The summed E-state index contributed by atoms with van der Waals surface area (Å²) in [5, 5.41) is 9.55. The maximum Gasteiger partial charge on any atom is 0.164 e. The van der Waals surface area contributed by atoms with E-state index in [1.54, 1.807) is 0 Å². The van der Waals surface area contributed by atoms with Crippen LogP contribution in [0, 0.1) is 0 Å².